The van der Waals surface area contributed by atoms with Crippen molar-refractivity contribution in [2.75, 3.05) is 13.1 Å². The van der Waals surface area contributed by atoms with Crippen LogP contribution in [0.2, 0.25) is 0 Å². The molecule has 4 bridgehead atoms. The van der Waals surface area contributed by atoms with Gasteiger partial charge in [-0.15, -0.1) is 0 Å². The first-order chi connectivity index (χ1) is 14.6. The van der Waals surface area contributed by atoms with Crippen LogP contribution in [0.3, 0.4) is 0 Å². The Balaban J connectivity index is 1.17. The van der Waals surface area contributed by atoms with E-state index >= 15 is 0 Å². The Labute approximate surface area is 186 Å². The van der Waals surface area contributed by atoms with Crippen LogP contribution in [-0.2, 0) is 9.59 Å². The summed E-state index contributed by atoms with van der Waals surface area (Å²) in [5, 5.41) is 6.07. The standard InChI is InChI=1S/C25H39N3O3/c1-23(2,3)19-4-6-25(7-5-19)21(30)28(22(31)27-25)14-20(29)26-15-24-11-16-8-17(12-24)10-18(9-16)13-24/h16-19H,4-15H2,1-3H3,(H,26,29)(H,27,31). The molecule has 172 valence electrons. The van der Waals surface area contributed by atoms with Gasteiger partial charge in [0, 0.05) is 6.54 Å². The average Bonchev–Trinajstić information content (AvgIpc) is 2.89. The fraction of sp³-hybridized carbons (Fsp3) is 0.880. The van der Waals surface area contributed by atoms with E-state index in [9.17, 15) is 14.4 Å². The Morgan fingerprint density at radius 2 is 1.58 bits per heavy atom. The Hall–Kier alpha value is -1.59. The Morgan fingerprint density at radius 3 is 2.10 bits per heavy atom. The summed E-state index contributed by atoms with van der Waals surface area (Å²) < 4.78 is 0. The van der Waals surface area contributed by atoms with Crippen LogP contribution in [-0.4, -0.2) is 41.4 Å². The number of rotatable bonds is 4. The lowest BCUT2D eigenvalue weighted by molar-refractivity contribution is -0.136. The second kappa shape index (κ2) is 7.21. The zero-order chi connectivity index (χ0) is 22.0. The van der Waals surface area contributed by atoms with Crippen molar-refractivity contribution in [3.8, 4) is 0 Å². The number of nitrogens with zero attached hydrogens (tertiary/aromatic N) is 1. The molecule has 2 N–H and O–H groups in total. The number of urea groups is 1. The van der Waals surface area contributed by atoms with Crippen molar-refractivity contribution < 1.29 is 14.4 Å². The number of imide groups is 1. The van der Waals surface area contributed by atoms with Gasteiger partial charge in [-0.2, -0.15) is 0 Å². The first kappa shape index (κ1) is 21.3. The van der Waals surface area contributed by atoms with Crippen molar-refractivity contribution in [3.05, 3.63) is 0 Å². The second-order valence-corrected chi connectivity index (χ2v) is 12.7. The predicted octanol–water partition coefficient (Wildman–Crippen LogP) is 3.85. The minimum absolute atomic E-state index is 0.151. The summed E-state index contributed by atoms with van der Waals surface area (Å²) in [6, 6.07) is -0.399. The molecule has 0 radical (unpaired) electrons. The molecule has 0 aromatic carbocycles. The number of hydrogen-bond donors (Lipinski definition) is 2. The van der Waals surface area contributed by atoms with E-state index in [1.54, 1.807) is 0 Å². The lowest BCUT2D eigenvalue weighted by Gasteiger charge is -2.56. The van der Waals surface area contributed by atoms with Crippen LogP contribution < -0.4 is 10.6 Å². The van der Waals surface area contributed by atoms with Gasteiger partial charge >= 0.3 is 6.03 Å². The van der Waals surface area contributed by atoms with Gasteiger partial charge in [-0.05, 0) is 98.7 Å². The topological polar surface area (TPSA) is 78.5 Å². The zero-order valence-electron chi connectivity index (χ0n) is 19.5. The Kier molecular flexibility index (Phi) is 4.95. The van der Waals surface area contributed by atoms with Gasteiger partial charge in [0.25, 0.3) is 5.91 Å². The van der Waals surface area contributed by atoms with Crippen molar-refractivity contribution in [2.45, 2.75) is 90.5 Å². The van der Waals surface area contributed by atoms with Crippen LogP contribution in [0, 0.1) is 34.5 Å². The summed E-state index contributed by atoms with van der Waals surface area (Å²) in [7, 11) is 0. The lowest BCUT2D eigenvalue weighted by atomic mass is 9.49. The van der Waals surface area contributed by atoms with Crippen LogP contribution in [0.5, 0.6) is 0 Å². The van der Waals surface area contributed by atoms with Crippen LogP contribution >= 0.6 is 0 Å². The maximum Gasteiger partial charge on any atom is 0.325 e. The normalized spacial score (nSPS) is 41.7. The number of carbonyl (C=O) groups excluding carboxylic acids is 3. The van der Waals surface area contributed by atoms with E-state index in [0.717, 1.165) is 35.5 Å². The molecule has 5 saturated carbocycles. The SMILES string of the molecule is CC(C)(C)C1CCC2(CC1)NC(=O)N(CC(=O)NCC13CC4CC(CC(C4)C1)C3)C2=O. The second-order valence-electron chi connectivity index (χ2n) is 12.7. The summed E-state index contributed by atoms with van der Waals surface area (Å²) in [6.07, 6.45) is 11.1. The number of amides is 4. The largest absolute Gasteiger partial charge is 0.354 e. The molecule has 1 saturated heterocycles. The van der Waals surface area contributed by atoms with E-state index in [4.69, 9.17) is 0 Å². The third-order valence-corrected chi connectivity index (χ3v) is 9.44. The highest BCUT2D eigenvalue weighted by molar-refractivity contribution is 6.09. The van der Waals surface area contributed by atoms with E-state index in [0.29, 0.717) is 25.3 Å². The Bertz CT molecular complexity index is 740. The fourth-order valence-electron chi connectivity index (χ4n) is 8.13. The minimum Gasteiger partial charge on any atom is -0.354 e. The van der Waals surface area contributed by atoms with Gasteiger partial charge in [0.05, 0.1) is 0 Å². The fourth-order valence-corrected chi connectivity index (χ4v) is 8.13. The molecule has 1 spiro atoms. The highest BCUT2D eigenvalue weighted by Gasteiger charge is 2.54. The van der Waals surface area contributed by atoms with Crippen molar-refractivity contribution in [1.29, 1.82) is 0 Å². The van der Waals surface area contributed by atoms with E-state index in [2.05, 4.69) is 31.4 Å². The summed E-state index contributed by atoms with van der Waals surface area (Å²) in [4.78, 5) is 39.7. The van der Waals surface area contributed by atoms with Gasteiger partial charge < -0.3 is 10.6 Å². The Morgan fingerprint density at radius 1 is 1.03 bits per heavy atom. The maximum absolute atomic E-state index is 13.2. The monoisotopic (exact) mass is 429 g/mol. The van der Waals surface area contributed by atoms with E-state index in [-0.39, 0.29) is 29.2 Å². The van der Waals surface area contributed by atoms with Gasteiger partial charge in [-0.25, -0.2) is 4.79 Å². The quantitative estimate of drug-likeness (QED) is 0.667. The molecule has 6 aliphatic rings. The lowest BCUT2D eigenvalue weighted by Crippen LogP contribution is -2.53. The third kappa shape index (κ3) is 3.78. The molecule has 31 heavy (non-hydrogen) atoms. The number of hydrogen-bond acceptors (Lipinski definition) is 3. The van der Waals surface area contributed by atoms with Crippen LogP contribution in [0.1, 0.15) is 85.0 Å². The molecule has 5 aliphatic carbocycles. The van der Waals surface area contributed by atoms with Crippen molar-refractivity contribution in [1.82, 2.24) is 15.5 Å². The molecule has 1 heterocycles. The van der Waals surface area contributed by atoms with Gasteiger partial charge in [-0.3, -0.25) is 14.5 Å². The average molecular weight is 430 g/mol. The van der Waals surface area contributed by atoms with Gasteiger partial charge in [0.1, 0.15) is 12.1 Å². The number of nitrogens with one attached hydrogen (secondary N) is 2. The third-order valence-electron chi connectivity index (χ3n) is 9.44. The maximum atomic E-state index is 13.2. The van der Waals surface area contributed by atoms with Crippen molar-refractivity contribution >= 4 is 17.8 Å². The molecule has 0 aromatic rings. The molecule has 1 aliphatic heterocycles. The summed E-state index contributed by atoms with van der Waals surface area (Å²) in [5.74, 6) is 2.70. The zero-order valence-corrected chi connectivity index (χ0v) is 19.5. The highest BCUT2D eigenvalue weighted by atomic mass is 16.2. The van der Waals surface area contributed by atoms with Crippen LogP contribution in [0.25, 0.3) is 0 Å². The van der Waals surface area contributed by atoms with E-state index < -0.39 is 11.6 Å². The highest BCUT2D eigenvalue weighted by Crippen LogP contribution is 2.59. The minimum atomic E-state index is -0.793. The summed E-state index contributed by atoms with van der Waals surface area (Å²) in [5.41, 5.74) is -0.322. The molecule has 0 aromatic heterocycles. The summed E-state index contributed by atoms with van der Waals surface area (Å²) in [6.45, 7) is 7.28. The smallest absolute Gasteiger partial charge is 0.325 e. The van der Waals surface area contributed by atoms with Gasteiger partial charge in [-0.1, -0.05) is 20.8 Å². The molecule has 6 nitrogen and oxygen atoms in total. The van der Waals surface area contributed by atoms with Crippen molar-refractivity contribution in [2.24, 2.45) is 34.5 Å². The summed E-state index contributed by atoms with van der Waals surface area (Å²) >= 11 is 0. The molecule has 6 rings (SSSR count). The van der Waals surface area contributed by atoms with E-state index in [1.165, 1.54) is 38.5 Å². The molecule has 0 atom stereocenters. The van der Waals surface area contributed by atoms with Gasteiger partial charge in [0.2, 0.25) is 5.91 Å². The van der Waals surface area contributed by atoms with E-state index in [1.807, 2.05) is 0 Å². The van der Waals surface area contributed by atoms with Crippen LogP contribution in [0.15, 0.2) is 0 Å². The predicted molar refractivity (Wildman–Crippen MR) is 118 cm³/mol. The molecular formula is C25H39N3O3. The molecule has 6 heteroatoms. The molecule has 0 unspecified atom stereocenters. The first-order valence-corrected chi connectivity index (χ1v) is 12.5. The molecule has 6 fully saturated rings. The first-order valence-electron chi connectivity index (χ1n) is 12.5. The van der Waals surface area contributed by atoms with Crippen molar-refractivity contribution in [3.63, 3.8) is 0 Å². The molecular weight excluding hydrogens is 390 g/mol. The van der Waals surface area contributed by atoms with Gasteiger partial charge in [0.15, 0.2) is 0 Å². The van der Waals surface area contributed by atoms with Crippen LogP contribution in [0.4, 0.5) is 4.79 Å². The molecule has 4 amide bonds. The number of carbonyl (C=O) groups is 3.